The van der Waals surface area contributed by atoms with E-state index in [1.54, 1.807) is 37.7 Å². The van der Waals surface area contributed by atoms with Gasteiger partial charge in [0.05, 0.1) is 13.2 Å². The summed E-state index contributed by atoms with van der Waals surface area (Å²) in [6.07, 6.45) is 3.31. The average Bonchev–Trinajstić information content (AvgIpc) is 3.14. The molecule has 0 saturated heterocycles. The number of fused-ring (bicyclic) bond motifs is 1. The number of ether oxygens (including phenoxy) is 3. The van der Waals surface area contributed by atoms with Crippen molar-refractivity contribution in [1.82, 2.24) is 9.97 Å². The highest BCUT2D eigenvalue weighted by atomic mass is 16.7. The van der Waals surface area contributed by atoms with Crippen LogP contribution in [0.3, 0.4) is 0 Å². The molecule has 2 N–H and O–H groups in total. The number of benzene rings is 2. The van der Waals surface area contributed by atoms with Gasteiger partial charge in [-0.3, -0.25) is 0 Å². The maximum atomic E-state index is 10.5. The van der Waals surface area contributed by atoms with Crippen molar-refractivity contribution in [2.75, 3.05) is 19.2 Å². The molecule has 1 aliphatic rings. The molecule has 1 aliphatic heterocycles. The summed E-state index contributed by atoms with van der Waals surface area (Å²) in [5, 5.41) is 13.8. The summed E-state index contributed by atoms with van der Waals surface area (Å²) in [6, 6.07) is 12.2. The number of rotatable bonds is 5. The third-order valence-corrected chi connectivity index (χ3v) is 4.12. The van der Waals surface area contributed by atoms with Crippen molar-refractivity contribution >= 4 is 5.95 Å². The fraction of sp³-hybridized carbons (Fsp3) is 0.158. The first-order valence-electron chi connectivity index (χ1n) is 8.04. The van der Waals surface area contributed by atoms with Crippen LogP contribution in [-0.4, -0.2) is 29.0 Å². The van der Waals surface area contributed by atoms with E-state index < -0.39 is 6.04 Å². The van der Waals surface area contributed by atoms with Gasteiger partial charge in [-0.2, -0.15) is 0 Å². The van der Waals surface area contributed by atoms with Gasteiger partial charge in [0.15, 0.2) is 11.5 Å². The fourth-order valence-electron chi connectivity index (χ4n) is 2.82. The van der Waals surface area contributed by atoms with Gasteiger partial charge in [0.1, 0.15) is 11.5 Å². The van der Waals surface area contributed by atoms with E-state index in [1.165, 1.54) is 0 Å². The first-order valence-corrected chi connectivity index (χ1v) is 8.04. The largest absolute Gasteiger partial charge is 0.507 e. The monoisotopic (exact) mass is 351 g/mol. The maximum Gasteiger partial charge on any atom is 0.231 e. The van der Waals surface area contributed by atoms with Crippen LogP contribution in [-0.2, 0) is 0 Å². The zero-order chi connectivity index (χ0) is 17.9. The van der Waals surface area contributed by atoms with E-state index in [1.807, 2.05) is 24.3 Å². The SMILES string of the molecule is COc1ccc([C@@H](Nc2ncccn2)c2cc3c(cc2O)OCO3)cc1. The molecule has 2 heterocycles. The zero-order valence-corrected chi connectivity index (χ0v) is 14.0. The molecule has 0 unspecified atom stereocenters. The number of aromatic nitrogens is 2. The van der Waals surface area contributed by atoms with Gasteiger partial charge in [-0.25, -0.2) is 9.97 Å². The van der Waals surface area contributed by atoms with E-state index in [9.17, 15) is 5.11 Å². The maximum absolute atomic E-state index is 10.5. The molecule has 7 nitrogen and oxygen atoms in total. The third-order valence-electron chi connectivity index (χ3n) is 4.12. The molecule has 0 radical (unpaired) electrons. The average molecular weight is 351 g/mol. The predicted octanol–water partition coefficient (Wildman–Crippen LogP) is 3.12. The van der Waals surface area contributed by atoms with Crippen LogP contribution in [0.4, 0.5) is 5.95 Å². The van der Waals surface area contributed by atoms with E-state index >= 15 is 0 Å². The molecule has 0 amide bonds. The van der Waals surface area contributed by atoms with Gasteiger partial charge in [-0.1, -0.05) is 12.1 Å². The molecule has 0 spiro atoms. The van der Waals surface area contributed by atoms with Crippen molar-refractivity contribution in [3.8, 4) is 23.0 Å². The zero-order valence-electron chi connectivity index (χ0n) is 14.0. The highest BCUT2D eigenvalue weighted by molar-refractivity contribution is 5.56. The number of hydrogen-bond donors (Lipinski definition) is 2. The van der Waals surface area contributed by atoms with E-state index in [4.69, 9.17) is 14.2 Å². The van der Waals surface area contributed by atoms with Crippen molar-refractivity contribution in [3.05, 3.63) is 66.0 Å². The normalized spacial score (nSPS) is 13.3. The number of aromatic hydroxyl groups is 1. The highest BCUT2D eigenvalue weighted by Gasteiger charge is 2.24. The van der Waals surface area contributed by atoms with Gasteiger partial charge < -0.3 is 24.6 Å². The van der Waals surface area contributed by atoms with Crippen molar-refractivity contribution in [2.45, 2.75) is 6.04 Å². The summed E-state index contributed by atoms with van der Waals surface area (Å²) in [6.45, 7) is 0.140. The van der Waals surface area contributed by atoms with Crippen molar-refractivity contribution < 1.29 is 19.3 Å². The van der Waals surface area contributed by atoms with E-state index in [0.29, 0.717) is 23.0 Å². The predicted molar refractivity (Wildman–Crippen MR) is 94.7 cm³/mol. The Morgan fingerprint density at radius 3 is 2.46 bits per heavy atom. The van der Waals surface area contributed by atoms with Crippen molar-refractivity contribution in [3.63, 3.8) is 0 Å². The number of nitrogens with one attached hydrogen (secondary N) is 1. The minimum absolute atomic E-state index is 0.0958. The van der Waals surface area contributed by atoms with Crippen LogP contribution in [0.1, 0.15) is 17.2 Å². The Bertz CT molecular complexity index is 901. The minimum Gasteiger partial charge on any atom is -0.507 e. The Balaban J connectivity index is 1.77. The lowest BCUT2D eigenvalue weighted by atomic mass is 9.97. The first-order chi connectivity index (χ1) is 12.7. The van der Waals surface area contributed by atoms with Gasteiger partial charge in [-0.15, -0.1) is 0 Å². The van der Waals surface area contributed by atoms with Crippen molar-refractivity contribution in [2.24, 2.45) is 0 Å². The Kier molecular flexibility index (Phi) is 4.18. The summed E-state index contributed by atoms with van der Waals surface area (Å²) >= 11 is 0. The molecule has 2 aromatic carbocycles. The lowest BCUT2D eigenvalue weighted by molar-refractivity contribution is 0.174. The molecule has 0 aliphatic carbocycles. The number of hydrogen-bond acceptors (Lipinski definition) is 7. The summed E-state index contributed by atoms with van der Waals surface area (Å²) in [5.74, 6) is 2.41. The number of phenolic OH excluding ortho intramolecular Hbond substituents is 1. The third kappa shape index (κ3) is 3.06. The van der Waals surface area contributed by atoms with Crippen LogP contribution in [0, 0.1) is 0 Å². The van der Waals surface area contributed by atoms with Gasteiger partial charge in [0.25, 0.3) is 0 Å². The molecule has 0 saturated carbocycles. The Morgan fingerprint density at radius 1 is 1.08 bits per heavy atom. The molecule has 0 fully saturated rings. The molecule has 0 bridgehead atoms. The summed E-state index contributed by atoms with van der Waals surface area (Å²) in [5.41, 5.74) is 1.54. The molecule has 1 aromatic heterocycles. The molecule has 3 aromatic rings. The Morgan fingerprint density at radius 2 is 1.77 bits per heavy atom. The van der Waals surface area contributed by atoms with Crippen LogP contribution in [0.5, 0.6) is 23.0 Å². The molecule has 26 heavy (non-hydrogen) atoms. The second-order valence-electron chi connectivity index (χ2n) is 5.69. The number of phenols is 1. The topological polar surface area (TPSA) is 85.7 Å². The molecular weight excluding hydrogens is 334 g/mol. The Hall–Kier alpha value is -3.48. The van der Waals surface area contributed by atoms with E-state index in [-0.39, 0.29) is 12.5 Å². The molecule has 4 rings (SSSR count). The van der Waals surface area contributed by atoms with Crippen molar-refractivity contribution in [1.29, 1.82) is 0 Å². The van der Waals surface area contributed by atoms with E-state index in [0.717, 1.165) is 11.3 Å². The second-order valence-corrected chi connectivity index (χ2v) is 5.69. The van der Waals surface area contributed by atoms with Gasteiger partial charge in [-0.05, 0) is 29.8 Å². The minimum atomic E-state index is -0.391. The van der Waals surface area contributed by atoms with Gasteiger partial charge >= 0.3 is 0 Å². The number of nitrogens with zero attached hydrogens (tertiary/aromatic N) is 2. The Labute approximate surface area is 150 Å². The number of methoxy groups -OCH3 is 1. The van der Waals surface area contributed by atoms with E-state index in [2.05, 4.69) is 15.3 Å². The molecular formula is C19H17N3O4. The smallest absolute Gasteiger partial charge is 0.231 e. The second kappa shape index (κ2) is 6.79. The highest BCUT2D eigenvalue weighted by Crippen LogP contribution is 2.42. The van der Waals surface area contributed by atoms with Crippen LogP contribution in [0.15, 0.2) is 54.9 Å². The number of anilines is 1. The lowest BCUT2D eigenvalue weighted by Gasteiger charge is -2.21. The molecule has 7 heteroatoms. The van der Waals surface area contributed by atoms with Gasteiger partial charge in [0.2, 0.25) is 12.7 Å². The summed E-state index contributed by atoms with van der Waals surface area (Å²) < 4.78 is 16.0. The van der Waals surface area contributed by atoms with Crippen LogP contribution in [0.25, 0.3) is 0 Å². The lowest BCUT2D eigenvalue weighted by Crippen LogP contribution is -2.14. The summed E-state index contributed by atoms with van der Waals surface area (Å²) in [7, 11) is 1.62. The first kappa shape index (κ1) is 16.0. The van der Waals surface area contributed by atoms with Crippen LogP contribution >= 0.6 is 0 Å². The molecule has 132 valence electrons. The van der Waals surface area contributed by atoms with Crippen LogP contribution < -0.4 is 19.5 Å². The molecule has 1 atom stereocenters. The standard InChI is InChI=1S/C19H17N3O4/c1-24-13-5-3-12(4-6-13)18(22-19-20-7-2-8-21-19)14-9-16-17(10-15(14)23)26-11-25-16/h2-10,18,23H,11H2,1H3,(H,20,21,22)/t18-/m1/s1. The quantitative estimate of drug-likeness (QED) is 0.730. The fourth-order valence-corrected chi connectivity index (χ4v) is 2.82. The van der Waals surface area contributed by atoms with Gasteiger partial charge in [0, 0.05) is 24.0 Å². The van der Waals surface area contributed by atoms with Crippen LogP contribution in [0.2, 0.25) is 0 Å². The summed E-state index contributed by atoms with van der Waals surface area (Å²) in [4.78, 5) is 8.44.